The van der Waals surface area contributed by atoms with Crippen LogP contribution in [0.3, 0.4) is 0 Å². The molecule has 0 aliphatic carbocycles. The van der Waals surface area contributed by atoms with Gasteiger partial charge in [0.25, 0.3) is 0 Å². The molecule has 1 unspecified atom stereocenters. The molecule has 0 rings (SSSR count). The lowest BCUT2D eigenvalue weighted by atomic mass is 9.82. The quantitative estimate of drug-likeness (QED) is 0.523. The zero-order chi connectivity index (χ0) is 8.74. The molecule has 0 saturated heterocycles. The molecule has 11 heavy (non-hydrogen) atoms. The van der Waals surface area contributed by atoms with E-state index in [9.17, 15) is 0 Å². The normalized spacial score (nSPS) is 16.6. The summed E-state index contributed by atoms with van der Waals surface area (Å²) in [5, 5.41) is 0. The van der Waals surface area contributed by atoms with Gasteiger partial charge in [-0.1, -0.05) is 38.5 Å². The van der Waals surface area contributed by atoms with Gasteiger partial charge >= 0.3 is 0 Å². The van der Waals surface area contributed by atoms with Crippen LogP contribution in [-0.4, -0.2) is 0 Å². The first-order chi connectivity index (χ1) is 5.18. The van der Waals surface area contributed by atoms with Gasteiger partial charge in [-0.25, -0.2) is 0 Å². The summed E-state index contributed by atoms with van der Waals surface area (Å²) in [6.07, 6.45) is 10.0. The van der Waals surface area contributed by atoms with Crippen molar-refractivity contribution in [2.75, 3.05) is 0 Å². The van der Waals surface area contributed by atoms with Crippen LogP contribution in [0, 0.1) is 5.41 Å². The van der Waals surface area contributed by atoms with E-state index in [-0.39, 0.29) is 0 Å². The van der Waals surface area contributed by atoms with Crippen molar-refractivity contribution < 1.29 is 0 Å². The van der Waals surface area contributed by atoms with Crippen LogP contribution >= 0.6 is 0 Å². The van der Waals surface area contributed by atoms with Crippen molar-refractivity contribution in [2.24, 2.45) is 5.41 Å². The second kappa shape index (κ2) is 5.17. The average molecular weight is 152 g/mol. The van der Waals surface area contributed by atoms with E-state index in [0.29, 0.717) is 5.41 Å². The predicted molar refractivity (Wildman–Crippen MR) is 52.6 cm³/mol. The summed E-state index contributed by atoms with van der Waals surface area (Å²) in [5.41, 5.74) is 0.352. The van der Waals surface area contributed by atoms with Crippen molar-refractivity contribution in [3.05, 3.63) is 24.8 Å². The van der Waals surface area contributed by atoms with Crippen molar-refractivity contribution in [3.63, 3.8) is 0 Å². The molecule has 0 saturated carbocycles. The zero-order valence-electron chi connectivity index (χ0n) is 8.06. The number of hydrogen-bond donors (Lipinski definition) is 0. The summed E-state index contributed by atoms with van der Waals surface area (Å²) in [5.74, 6) is 0. The first kappa shape index (κ1) is 10.5. The Bertz CT molecular complexity index is 133. The molecule has 0 heterocycles. The summed E-state index contributed by atoms with van der Waals surface area (Å²) in [6, 6.07) is 0. The van der Waals surface area contributed by atoms with Gasteiger partial charge in [0.2, 0.25) is 0 Å². The molecule has 0 radical (unpaired) electrons. The maximum Gasteiger partial charge on any atom is -0.0112 e. The Morgan fingerprint density at radius 3 is 2.45 bits per heavy atom. The maximum absolute atomic E-state index is 3.78. The van der Waals surface area contributed by atoms with Crippen LogP contribution in [0.5, 0.6) is 0 Å². The molecule has 0 aromatic heterocycles. The lowest BCUT2D eigenvalue weighted by molar-refractivity contribution is 0.392. The summed E-state index contributed by atoms with van der Waals surface area (Å²) < 4.78 is 0. The molecule has 0 spiro atoms. The smallest absolute Gasteiger partial charge is 0.0112 e. The van der Waals surface area contributed by atoms with Crippen LogP contribution in [0.25, 0.3) is 0 Å². The van der Waals surface area contributed by atoms with Crippen LogP contribution in [-0.2, 0) is 0 Å². The van der Waals surface area contributed by atoms with Gasteiger partial charge in [0.05, 0.1) is 0 Å². The third kappa shape index (κ3) is 4.02. The topological polar surface area (TPSA) is 0 Å². The van der Waals surface area contributed by atoms with Crippen LogP contribution in [0.2, 0.25) is 0 Å². The van der Waals surface area contributed by atoms with E-state index in [4.69, 9.17) is 0 Å². The molecule has 0 aliphatic heterocycles. The van der Waals surface area contributed by atoms with Crippen LogP contribution in [0.1, 0.15) is 40.0 Å². The molecule has 0 aliphatic rings. The second-order valence-corrected chi connectivity index (χ2v) is 3.40. The molecular formula is C11H20. The first-order valence-electron chi connectivity index (χ1n) is 4.43. The number of rotatable bonds is 5. The summed E-state index contributed by atoms with van der Waals surface area (Å²) in [4.78, 5) is 0. The molecule has 0 fully saturated rings. The largest absolute Gasteiger partial charge is 0.103 e. The van der Waals surface area contributed by atoms with Crippen LogP contribution < -0.4 is 0 Å². The Labute approximate surface area is 71.0 Å². The molecule has 0 N–H and O–H groups in total. The van der Waals surface area contributed by atoms with Gasteiger partial charge < -0.3 is 0 Å². The van der Waals surface area contributed by atoms with Crippen molar-refractivity contribution >= 4 is 0 Å². The maximum atomic E-state index is 3.78. The van der Waals surface area contributed by atoms with E-state index < -0.39 is 0 Å². The fourth-order valence-electron chi connectivity index (χ4n) is 1.56. The molecule has 0 aromatic carbocycles. The minimum absolute atomic E-state index is 0.352. The van der Waals surface area contributed by atoms with Crippen molar-refractivity contribution in [3.8, 4) is 0 Å². The van der Waals surface area contributed by atoms with E-state index in [1.165, 1.54) is 12.8 Å². The highest BCUT2D eigenvalue weighted by Crippen LogP contribution is 2.29. The van der Waals surface area contributed by atoms with E-state index in [2.05, 4.69) is 39.5 Å². The standard InChI is InChI=1S/C11H20/c1-5-8-11(4,9-6-2)10-7-3/h5-6,9H,1,7-8,10H2,2-4H3/b9-6-. The van der Waals surface area contributed by atoms with E-state index in [1.54, 1.807) is 0 Å². The van der Waals surface area contributed by atoms with Crippen LogP contribution in [0.15, 0.2) is 24.8 Å². The van der Waals surface area contributed by atoms with Crippen molar-refractivity contribution in [1.29, 1.82) is 0 Å². The van der Waals surface area contributed by atoms with Gasteiger partial charge in [0.15, 0.2) is 0 Å². The van der Waals surface area contributed by atoms with Gasteiger partial charge in [-0.05, 0) is 25.2 Å². The van der Waals surface area contributed by atoms with Gasteiger partial charge in [0, 0.05) is 0 Å². The predicted octanol–water partition coefficient (Wildman–Crippen LogP) is 3.95. The zero-order valence-corrected chi connectivity index (χ0v) is 8.06. The minimum atomic E-state index is 0.352. The highest BCUT2D eigenvalue weighted by Gasteiger charge is 2.16. The number of allylic oxidation sites excluding steroid dienone is 3. The molecule has 0 aromatic rings. The third-order valence-electron chi connectivity index (χ3n) is 2.00. The lowest BCUT2D eigenvalue weighted by Crippen LogP contribution is -2.10. The Morgan fingerprint density at radius 2 is 2.09 bits per heavy atom. The molecule has 64 valence electrons. The third-order valence-corrected chi connectivity index (χ3v) is 2.00. The van der Waals surface area contributed by atoms with Gasteiger partial charge in [-0.15, -0.1) is 6.58 Å². The molecular weight excluding hydrogens is 132 g/mol. The Hall–Kier alpha value is -0.520. The minimum Gasteiger partial charge on any atom is -0.103 e. The van der Waals surface area contributed by atoms with Gasteiger partial charge in [0.1, 0.15) is 0 Å². The average Bonchev–Trinajstić information content (AvgIpc) is 1.88. The lowest BCUT2D eigenvalue weighted by Gasteiger charge is -2.23. The summed E-state index contributed by atoms with van der Waals surface area (Å²) >= 11 is 0. The second-order valence-electron chi connectivity index (χ2n) is 3.40. The first-order valence-corrected chi connectivity index (χ1v) is 4.43. The van der Waals surface area contributed by atoms with Crippen LogP contribution in [0.4, 0.5) is 0 Å². The highest BCUT2D eigenvalue weighted by molar-refractivity contribution is 4.98. The molecule has 1 atom stereocenters. The summed E-state index contributed by atoms with van der Waals surface area (Å²) in [7, 11) is 0. The highest BCUT2D eigenvalue weighted by atomic mass is 14.2. The summed E-state index contributed by atoms with van der Waals surface area (Å²) in [6.45, 7) is 10.4. The van der Waals surface area contributed by atoms with E-state index in [1.807, 2.05) is 6.08 Å². The van der Waals surface area contributed by atoms with Gasteiger partial charge in [-0.3, -0.25) is 0 Å². The number of hydrogen-bond acceptors (Lipinski definition) is 0. The molecule has 0 heteroatoms. The van der Waals surface area contributed by atoms with Crippen molar-refractivity contribution in [2.45, 2.75) is 40.0 Å². The fourth-order valence-corrected chi connectivity index (χ4v) is 1.56. The molecule has 0 bridgehead atoms. The molecule has 0 nitrogen and oxygen atoms in total. The van der Waals surface area contributed by atoms with Gasteiger partial charge in [-0.2, -0.15) is 0 Å². The van der Waals surface area contributed by atoms with E-state index >= 15 is 0 Å². The Morgan fingerprint density at radius 1 is 1.45 bits per heavy atom. The monoisotopic (exact) mass is 152 g/mol. The fraction of sp³-hybridized carbons (Fsp3) is 0.636. The Kier molecular flexibility index (Phi) is 4.93. The van der Waals surface area contributed by atoms with E-state index in [0.717, 1.165) is 6.42 Å². The van der Waals surface area contributed by atoms with Crippen molar-refractivity contribution in [1.82, 2.24) is 0 Å². The molecule has 0 amide bonds. The Balaban J connectivity index is 4.11. The SMILES string of the molecule is C=CCC(C)(/C=C\C)CCC.